The van der Waals surface area contributed by atoms with Crippen molar-refractivity contribution in [3.8, 4) is 17.5 Å². The molecule has 2 heterocycles. The average molecular weight is 292 g/mol. The van der Waals surface area contributed by atoms with E-state index in [0.29, 0.717) is 27.9 Å². The molecule has 5 heteroatoms. The highest BCUT2D eigenvalue weighted by molar-refractivity contribution is 6.04. The predicted molar refractivity (Wildman–Crippen MR) is 79.9 cm³/mol. The number of aromatic nitrogens is 1. The molecule has 0 aliphatic carbocycles. The topological polar surface area (TPSA) is 76.1 Å². The van der Waals surface area contributed by atoms with Crippen LogP contribution >= 0.6 is 0 Å². The van der Waals surface area contributed by atoms with Crippen LogP contribution in [0.2, 0.25) is 0 Å². The molecule has 0 N–H and O–H groups in total. The second-order valence-electron chi connectivity index (χ2n) is 4.73. The van der Waals surface area contributed by atoms with E-state index in [1.807, 2.05) is 24.3 Å². The molecule has 0 saturated carbocycles. The van der Waals surface area contributed by atoms with Crippen molar-refractivity contribution in [1.29, 1.82) is 5.26 Å². The van der Waals surface area contributed by atoms with Gasteiger partial charge in [-0.05, 0) is 31.2 Å². The van der Waals surface area contributed by atoms with Crippen molar-refractivity contribution in [2.45, 2.75) is 13.0 Å². The van der Waals surface area contributed by atoms with Gasteiger partial charge in [0.25, 0.3) is 0 Å². The maximum Gasteiger partial charge on any atom is 0.340 e. The summed E-state index contributed by atoms with van der Waals surface area (Å²) in [6.45, 7) is 1.52. The average Bonchev–Trinajstić information content (AvgIpc) is 3.08. The van der Waals surface area contributed by atoms with Crippen LogP contribution in [0.3, 0.4) is 0 Å². The molecular weight excluding hydrogens is 280 g/mol. The number of carbonyl (C=O) groups is 1. The number of nitriles is 1. The number of nitrogens with zero attached hydrogens (tertiary/aromatic N) is 2. The summed E-state index contributed by atoms with van der Waals surface area (Å²) in [6.07, 6.45) is 0.730. The van der Waals surface area contributed by atoms with Crippen molar-refractivity contribution < 1.29 is 13.9 Å². The standard InChI is InChI=1S/C17H12N2O3/c1-11(10-18)22-17(20)13-9-15(16-7-4-8-21-16)19-14-6-3-2-5-12(13)14/h2-9,11H,1H3/t11-/m1/s1. The normalized spacial score (nSPS) is 11.8. The Kier molecular flexibility index (Phi) is 3.58. The Hall–Kier alpha value is -3.13. The summed E-state index contributed by atoms with van der Waals surface area (Å²) >= 11 is 0. The lowest BCUT2D eigenvalue weighted by Gasteiger charge is -2.10. The van der Waals surface area contributed by atoms with Crippen molar-refractivity contribution in [3.05, 3.63) is 54.3 Å². The largest absolute Gasteiger partial charge is 0.463 e. The molecule has 22 heavy (non-hydrogen) atoms. The van der Waals surface area contributed by atoms with E-state index in [1.54, 1.807) is 30.5 Å². The second-order valence-corrected chi connectivity index (χ2v) is 4.73. The maximum atomic E-state index is 12.3. The van der Waals surface area contributed by atoms with Crippen LogP contribution in [0.5, 0.6) is 0 Å². The van der Waals surface area contributed by atoms with E-state index < -0.39 is 12.1 Å². The van der Waals surface area contributed by atoms with Crippen LogP contribution in [0.15, 0.2) is 53.1 Å². The van der Waals surface area contributed by atoms with Crippen LogP contribution in [-0.2, 0) is 4.74 Å². The molecule has 0 aliphatic heterocycles. The van der Waals surface area contributed by atoms with Gasteiger partial charge in [-0.15, -0.1) is 0 Å². The molecule has 1 atom stereocenters. The van der Waals surface area contributed by atoms with E-state index in [4.69, 9.17) is 14.4 Å². The van der Waals surface area contributed by atoms with Gasteiger partial charge in [0.05, 0.1) is 17.3 Å². The summed E-state index contributed by atoms with van der Waals surface area (Å²) in [5.74, 6) is 0.00795. The Morgan fingerprint density at radius 2 is 2.14 bits per heavy atom. The highest BCUT2D eigenvalue weighted by Gasteiger charge is 2.17. The number of benzene rings is 1. The summed E-state index contributed by atoms with van der Waals surface area (Å²) in [6, 6.07) is 14.3. The summed E-state index contributed by atoms with van der Waals surface area (Å²) < 4.78 is 10.4. The molecule has 0 unspecified atom stereocenters. The fraction of sp³-hybridized carbons (Fsp3) is 0.118. The second kappa shape index (κ2) is 5.70. The number of hydrogen-bond acceptors (Lipinski definition) is 5. The van der Waals surface area contributed by atoms with Crippen LogP contribution in [0, 0.1) is 11.3 Å². The Morgan fingerprint density at radius 1 is 1.32 bits per heavy atom. The van der Waals surface area contributed by atoms with Crippen LogP contribution in [0.4, 0.5) is 0 Å². The van der Waals surface area contributed by atoms with E-state index in [0.717, 1.165) is 0 Å². The van der Waals surface area contributed by atoms with E-state index >= 15 is 0 Å². The number of pyridine rings is 1. The summed E-state index contributed by atoms with van der Waals surface area (Å²) in [7, 11) is 0. The number of carbonyl (C=O) groups excluding carboxylic acids is 1. The molecule has 0 amide bonds. The fourth-order valence-electron chi connectivity index (χ4n) is 2.15. The molecule has 0 spiro atoms. The minimum absolute atomic E-state index is 0.360. The third-order valence-electron chi connectivity index (χ3n) is 3.18. The van der Waals surface area contributed by atoms with Crippen LogP contribution in [0.1, 0.15) is 17.3 Å². The molecule has 2 aromatic heterocycles. The molecule has 3 aromatic rings. The molecule has 0 fully saturated rings. The lowest BCUT2D eigenvalue weighted by Crippen LogP contribution is -2.13. The first kappa shape index (κ1) is 13.8. The van der Waals surface area contributed by atoms with E-state index in [9.17, 15) is 4.79 Å². The zero-order valence-electron chi connectivity index (χ0n) is 11.8. The highest BCUT2D eigenvalue weighted by atomic mass is 16.5. The van der Waals surface area contributed by atoms with Crippen molar-refractivity contribution >= 4 is 16.9 Å². The van der Waals surface area contributed by atoms with Gasteiger partial charge in [0.2, 0.25) is 0 Å². The van der Waals surface area contributed by atoms with Gasteiger partial charge in [-0.1, -0.05) is 18.2 Å². The fourth-order valence-corrected chi connectivity index (χ4v) is 2.15. The number of rotatable bonds is 3. The minimum Gasteiger partial charge on any atom is -0.463 e. The quantitative estimate of drug-likeness (QED) is 0.690. The van der Waals surface area contributed by atoms with Crippen molar-refractivity contribution in [1.82, 2.24) is 4.98 Å². The maximum absolute atomic E-state index is 12.3. The van der Waals surface area contributed by atoms with Gasteiger partial charge >= 0.3 is 5.97 Å². The first-order valence-corrected chi connectivity index (χ1v) is 6.73. The van der Waals surface area contributed by atoms with Crippen molar-refractivity contribution in [2.75, 3.05) is 0 Å². The number of fused-ring (bicyclic) bond motifs is 1. The van der Waals surface area contributed by atoms with E-state index in [-0.39, 0.29) is 0 Å². The first-order chi connectivity index (χ1) is 10.7. The van der Waals surface area contributed by atoms with Gasteiger partial charge in [0, 0.05) is 5.39 Å². The van der Waals surface area contributed by atoms with Gasteiger partial charge in [-0.3, -0.25) is 0 Å². The molecule has 5 nitrogen and oxygen atoms in total. The Labute approximate surface area is 126 Å². The third-order valence-corrected chi connectivity index (χ3v) is 3.18. The summed E-state index contributed by atoms with van der Waals surface area (Å²) in [5, 5.41) is 9.47. The van der Waals surface area contributed by atoms with Crippen molar-refractivity contribution in [2.24, 2.45) is 0 Å². The van der Waals surface area contributed by atoms with Crippen LogP contribution < -0.4 is 0 Å². The van der Waals surface area contributed by atoms with Crippen molar-refractivity contribution in [3.63, 3.8) is 0 Å². The Balaban J connectivity index is 2.15. The Morgan fingerprint density at radius 3 is 2.86 bits per heavy atom. The first-order valence-electron chi connectivity index (χ1n) is 6.73. The lowest BCUT2D eigenvalue weighted by molar-refractivity contribution is 0.0438. The smallest absolute Gasteiger partial charge is 0.340 e. The zero-order chi connectivity index (χ0) is 15.5. The molecule has 0 saturated heterocycles. The number of esters is 1. The molecule has 3 rings (SSSR count). The predicted octanol–water partition coefficient (Wildman–Crippen LogP) is 3.56. The number of furan rings is 1. The molecule has 1 aromatic carbocycles. The number of ether oxygens (including phenoxy) is 1. The molecular formula is C17H12N2O3. The molecule has 108 valence electrons. The van der Waals surface area contributed by atoms with Gasteiger partial charge in [-0.2, -0.15) is 5.26 Å². The molecule has 0 bridgehead atoms. The Bertz CT molecular complexity index is 863. The van der Waals surface area contributed by atoms with Gasteiger partial charge in [-0.25, -0.2) is 9.78 Å². The minimum atomic E-state index is -0.813. The monoisotopic (exact) mass is 292 g/mol. The van der Waals surface area contributed by atoms with Gasteiger partial charge in [0.15, 0.2) is 11.9 Å². The summed E-state index contributed by atoms with van der Waals surface area (Å²) in [5.41, 5.74) is 1.56. The molecule has 0 radical (unpaired) electrons. The van der Waals surface area contributed by atoms with Gasteiger partial charge in [0.1, 0.15) is 11.8 Å². The van der Waals surface area contributed by atoms with E-state index in [1.165, 1.54) is 6.92 Å². The third kappa shape index (κ3) is 2.54. The lowest BCUT2D eigenvalue weighted by atomic mass is 10.1. The van der Waals surface area contributed by atoms with E-state index in [2.05, 4.69) is 4.98 Å². The zero-order valence-corrected chi connectivity index (χ0v) is 11.8. The van der Waals surface area contributed by atoms with Crippen LogP contribution in [-0.4, -0.2) is 17.1 Å². The van der Waals surface area contributed by atoms with Gasteiger partial charge < -0.3 is 9.15 Å². The summed E-state index contributed by atoms with van der Waals surface area (Å²) in [4.78, 5) is 16.8. The van der Waals surface area contributed by atoms with Crippen LogP contribution in [0.25, 0.3) is 22.4 Å². The highest BCUT2D eigenvalue weighted by Crippen LogP contribution is 2.25. The molecule has 0 aliphatic rings. The number of para-hydroxylation sites is 1. The SMILES string of the molecule is C[C@H](C#N)OC(=O)c1cc(-c2ccco2)nc2ccccc12. The number of hydrogen-bond donors (Lipinski definition) is 0.